The van der Waals surface area contributed by atoms with Crippen LogP contribution in [0.25, 0.3) is 23.3 Å². The molecule has 0 aromatic heterocycles. The van der Waals surface area contributed by atoms with Crippen molar-refractivity contribution in [3.63, 3.8) is 0 Å². The molecule has 2 aliphatic carbocycles. The molecule has 0 saturated heterocycles. The van der Waals surface area contributed by atoms with Gasteiger partial charge in [-0.25, -0.2) is 0 Å². The van der Waals surface area contributed by atoms with E-state index in [0.717, 1.165) is 33.6 Å². The molecule has 6 rings (SSSR count). The number of anilines is 4. The number of rotatable bonds is 5. The fourth-order valence-electron chi connectivity index (χ4n) is 4.67. The maximum Gasteiger partial charge on any atom is 0.206 e. The van der Waals surface area contributed by atoms with E-state index in [-0.39, 0.29) is 23.0 Å². The van der Waals surface area contributed by atoms with Crippen LogP contribution in [-0.4, -0.2) is 23.0 Å². The number of hydrazone groups is 2. The summed E-state index contributed by atoms with van der Waals surface area (Å²) in [4.78, 5) is 24.9. The summed E-state index contributed by atoms with van der Waals surface area (Å²) in [5.41, 5.74) is 26.2. The van der Waals surface area contributed by atoms with Crippen molar-refractivity contribution in [2.45, 2.75) is 0 Å². The number of nitrogens with zero attached hydrogens (tertiary/aromatic N) is 2. The van der Waals surface area contributed by atoms with Crippen LogP contribution in [0, 0.1) is 0 Å². The Kier molecular flexibility index (Phi) is 6.26. The molecule has 4 aromatic carbocycles. The van der Waals surface area contributed by atoms with Crippen LogP contribution in [0.1, 0.15) is 22.3 Å². The number of nitrogen functional groups attached to an aromatic ring is 2. The zero-order chi connectivity index (χ0) is 27.6. The quantitative estimate of drug-likeness (QED) is 0.206. The molecule has 0 heterocycles. The van der Waals surface area contributed by atoms with Crippen molar-refractivity contribution in [3.8, 4) is 11.1 Å². The number of hydrogen-bond acceptors (Lipinski definition) is 8. The highest BCUT2D eigenvalue weighted by Crippen LogP contribution is 2.27. The lowest BCUT2D eigenvalue weighted by Gasteiger charge is -2.15. The summed E-state index contributed by atoms with van der Waals surface area (Å²) in [5, 5.41) is 8.73. The van der Waals surface area contributed by atoms with Crippen molar-refractivity contribution in [2.75, 3.05) is 22.3 Å². The maximum atomic E-state index is 12.5. The number of carbonyl (C=O) groups excluding carboxylic acids is 2. The van der Waals surface area contributed by atoms with Gasteiger partial charge in [-0.1, -0.05) is 60.7 Å². The molecule has 0 bridgehead atoms. The predicted octanol–water partition coefficient (Wildman–Crippen LogP) is 5.34. The molecule has 0 unspecified atom stereocenters. The van der Waals surface area contributed by atoms with Crippen molar-refractivity contribution in [3.05, 3.63) is 119 Å². The Hall–Kier alpha value is -5.76. The molecule has 4 aromatic rings. The van der Waals surface area contributed by atoms with Gasteiger partial charge >= 0.3 is 0 Å². The standard InChI is InChI=1S/C32H24N6O2/c33-25-5-1-3-21-11-17-27(39)31(29(21)25)37-35-23-13-7-19(8-14-23)20-9-15-24(16-10-20)36-38-32-28(40)18-12-22-4-2-6-26(34)30(22)32/h1-18,35-36H,33-34H2. The molecule has 0 fully saturated rings. The molecule has 8 heteroatoms. The van der Waals surface area contributed by atoms with Crippen LogP contribution in [0.5, 0.6) is 0 Å². The minimum atomic E-state index is -0.203. The minimum absolute atomic E-state index is 0.203. The van der Waals surface area contributed by atoms with Gasteiger partial charge in [0.25, 0.3) is 0 Å². The number of benzene rings is 4. The normalized spacial score (nSPS) is 15.7. The van der Waals surface area contributed by atoms with Crippen LogP contribution < -0.4 is 22.3 Å². The highest BCUT2D eigenvalue weighted by molar-refractivity contribution is 6.53. The summed E-state index contributed by atoms with van der Waals surface area (Å²) >= 11 is 0. The fraction of sp³-hybridized carbons (Fsp3) is 0. The molecule has 194 valence electrons. The topological polar surface area (TPSA) is 135 Å². The van der Waals surface area contributed by atoms with E-state index in [1.54, 1.807) is 24.3 Å². The number of fused-ring (bicyclic) bond motifs is 2. The van der Waals surface area contributed by atoms with Crippen molar-refractivity contribution in [1.82, 2.24) is 0 Å². The fourth-order valence-corrected chi connectivity index (χ4v) is 4.67. The van der Waals surface area contributed by atoms with E-state index in [9.17, 15) is 9.59 Å². The van der Waals surface area contributed by atoms with E-state index < -0.39 is 0 Å². The van der Waals surface area contributed by atoms with Crippen LogP contribution in [-0.2, 0) is 9.59 Å². The van der Waals surface area contributed by atoms with Crippen LogP contribution in [0.4, 0.5) is 22.7 Å². The second-order valence-corrected chi connectivity index (χ2v) is 9.32. The molecule has 0 radical (unpaired) electrons. The van der Waals surface area contributed by atoms with Crippen molar-refractivity contribution in [1.29, 1.82) is 0 Å². The van der Waals surface area contributed by atoms with Gasteiger partial charge in [-0.15, -0.1) is 0 Å². The van der Waals surface area contributed by atoms with Gasteiger partial charge in [0.15, 0.2) is 0 Å². The molecular weight excluding hydrogens is 500 g/mol. The molecule has 8 nitrogen and oxygen atoms in total. The summed E-state index contributed by atoms with van der Waals surface area (Å²) in [6.45, 7) is 0. The average molecular weight is 525 g/mol. The largest absolute Gasteiger partial charge is 0.398 e. The minimum Gasteiger partial charge on any atom is -0.398 e. The van der Waals surface area contributed by atoms with E-state index in [4.69, 9.17) is 11.5 Å². The Morgan fingerprint density at radius 3 is 1.30 bits per heavy atom. The second kappa shape index (κ2) is 10.2. The summed E-state index contributed by atoms with van der Waals surface area (Å²) < 4.78 is 0. The summed E-state index contributed by atoms with van der Waals surface area (Å²) in [6.07, 6.45) is 6.48. The second-order valence-electron chi connectivity index (χ2n) is 9.32. The lowest BCUT2D eigenvalue weighted by atomic mass is 9.93. The number of nitrogens with two attached hydrogens (primary N) is 2. The smallest absolute Gasteiger partial charge is 0.206 e. The maximum absolute atomic E-state index is 12.5. The van der Waals surface area contributed by atoms with Gasteiger partial charge in [-0.3, -0.25) is 20.4 Å². The highest BCUT2D eigenvalue weighted by Gasteiger charge is 2.22. The monoisotopic (exact) mass is 524 g/mol. The third-order valence-corrected chi connectivity index (χ3v) is 6.72. The first-order valence-corrected chi connectivity index (χ1v) is 12.6. The van der Waals surface area contributed by atoms with E-state index in [1.165, 1.54) is 12.2 Å². The van der Waals surface area contributed by atoms with Crippen LogP contribution in [0.3, 0.4) is 0 Å². The summed E-state index contributed by atoms with van der Waals surface area (Å²) in [6, 6.07) is 26.4. The Balaban J connectivity index is 1.16. The highest BCUT2D eigenvalue weighted by atomic mass is 16.1. The molecule has 0 saturated carbocycles. The van der Waals surface area contributed by atoms with Crippen LogP contribution >= 0.6 is 0 Å². The van der Waals surface area contributed by atoms with Gasteiger partial charge in [-0.05, 0) is 70.8 Å². The van der Waals surface area contributed by atoms with Gasteiger partial charge in [0.2, 0.25) is 11.6 Å². The van der Waals surface area contributed by atoms with Gasteiger partial charge in [0.05, 0.1) is 11.4 Å². The van der Waals surface area contributed by atoms with Crippen LogP contribution in [0.15, 0.2) is 107 Å². The van der Waals surface area contributed by atoms with E-state index >= 15 is 0 Å². The van der Waals surface area contributed by atoms with Crippen molar-refractivity contribution < 1.29 is 9.59 Å². The Morgan fingerprint density at radius 1 is 0.500 bits per heavy atom. The lowest BCUT2D eigenvalue weighted by molar-refractivity contribution is -0.109. The first kappa shape index (κ1) is 24.6. The van der Waals surface area contributed by atoms with Gasteiger partial charge in [0.1, 0.15) is 11.4 Å². The van der Waals surface area contributed by atoms with Gasteiger partial charge in [0, 0.05) is 22.5 Å². The molecule has 6 N–H and O–H groups in total. The van der Waals surface area contributed by atoms with Gasteiger partial charge in [-0.2, -0.15) is 10.2 Å². The number of allylic oxidation sites excluding steroid dienone is 2. The molecule has 0 amide bonds. The van der Waals surface area contributed by atoms with Crippen molar-refractivity contribution >= 4 is 57.9 Å². The Morgan fingerprint density at radius 2 is 0.900 bits per heavy atom. The third-order valence-electron chi connectivity index (χ3n) is 6.72. The third kappa shape index (κ3) is 4.65. The first-order valence-electron chi connectivity index (χ1n) is 12.6. The molecule has 2 aliphatic rings. The molecule has 0 atom stereocenters. The first-order chi connectivity index (χ1) is 19.5. The number of carbonyl (C=O) groups is 2. The van der Waals surface area contributed by atoms with E-state index in [2.05, 4.69) is 21.1 Å². The van der Waals surface area contributed by atoms with Crippen molar-refractivity contribution in [2.24, 2.45) is 10.2 Å². The van der Waals surface area contributed by atoms with Crippen LogP contribution in [0.2, 0.25) is 0 Å². The van der Waals surface area contributed by atoms with E-state index in [0.29, 0.717) is 22.5 Å². The number of hydrogen-bond donors (Lipinski definition) is 4. The SMILES string of the molecule is Nc1cccc2c1C(=NNc1ccc(-c3ccc(NN=C4C(=O)C=Cc5cccc(N)c54)cc3)cc1)C(=O)C=C2. The van der Waals surface area contributed by atoms with Gasteiger partial charge < -0.3 is 11.5 Å². The predicted molar refractivity (Wildman–Crippen MR) is 162 cm³/mol. The zero-order valence-electron chi connectivity index (χ0n) is 21.3. The summed E-state index contributed by atoms with van der Waals surface area (Å²) in [5.74, 6) is -0.407. The molecular formula is C32H24N6O2. The number of nitrogens with one attached hydrogen (secondary N) is 2. The Labute approximate surface area is 230 Å². The molecule has 0 spiro atoms. The molecule has 40 heavy (non-hydrogen) atoms. The number of ketones is 2. The van der Waals surface area contributed by atoms with E-state index in [1.807, 2.05) is 72.8 Å². The zero-order valence-corrected chi connectivity index (χ0v) is 21.3. The molecule has 0 aliphatic heterocycles. The Bertz CT molecular complexity index is 1650. The average Bonchev–Trinajstić information content (AvgIpc) is 2.97. The lowest BCUT2D eigenvalue weighted by Crippen LogP contribution is -2.20. The summed E-state index contributed by atoms with van der Waals surface area (Å²) in [7, 11) is 0.